The molecule has 0 saturated heterocycles. The van der Waals surface area contributed by atoms with Crippen LogP contribution in [-0.2, 0) is 9.47 Å². The zero-order valence-corrected chi connectivity index (χ0v) is 13.6. The van der Waals surface area contributed by atoms with Crippen molar-refractivity contribution in [3.8, 4) is 0 Å². The van der Waals surface area contributed by atoms with Crippen LogP contribution in [0.4, 0.5) is 0 Å². The zero-order chi connectivity index (χ0) is 15.7. The van der Waals surface area contributed by atoms with Crippen molar-refractivity contribution in [1.82, 2.24) is 5.32 Å². The monoisotopic (exact) mass is 295 g/mol. The molecule has 2 atom stereocenters. The molecule has 0 aromatic heterocycles. The van der Waals surface area contributed by atoms with Crippen LogP contribution in [0.2, 0.25) is 0 Å². The van der Waals surface area contributed by atoms with E-state index in [0.717, 1.165) is 5.56 Å². The van der Waals surface area contributed by atoms with Gasteiger partial charge in [0.25, 0.3) is 0 Å². The lowest BCUT2D eigenvalue weighted by Gasteiger charge is -2.26. The van der Waals surface area contributed by atoms with Crippen LogP contribution in [0.25, 0.3) is 0 Å². The minimum Gasteiger partial charge on any atom is -0.389 e. The first-order chi connectivity index (χ1) is 9.94. The summed E-state index contributed by atoms with van der Waals surface area (Å²) in [6, 6.07) is 10.0. The molecule has 0 aliphatic rings. The van der Waals surface area contributed by atoms with Gasteiger partial charge in [0.2, 0.25) is 0 Å². The van der Waals surface area contributed by atoms with Gasteiger partial charge in [-0.2, -0.15) is 0 Å². The Bertz CT molecular complexity index is 381. The lowest BCUT2D eigenvalue weighted by molar-refractivity contribution is -0.0197. The molecule has 1 rings (SSSR count). The van der Waals surface area contributed by atoms with Crippen LogP contribution in [-0.4, -0.2) is 43.1 Å². The standard InChI is InChI=1S/C17H29NO3/c1-5-21-17(3,4)13-18-11-16(19)12-20-14(2)15-9-7-6-8-10-15/h6-10,14,16,18-19H,5,11-13H2,1-4H3. The molecule has 0 bridgehead atoms. The van der Waals surface area contributed by atoms with E-state index in [4.69, 9.17) is 9.47 Å². The number of aliphatic hydroxyl groups excluding tert-OH is 1. The lowest BCUT2D eigenvalue weighted by Crippen LogP contribution is -2.41. The van der Waals surface area contributed by atoms with Crippen LogP contribution in [0.1, 0.15) is 39.4 Å². The zero-order valence-electron chi connectivity index (χ0n) is 13.6. The quantitative estimate of drug-likeness (QED) is 0.696. The maximum absolute atomic E-state index is 9.94. The fraction of sp³-hybridized carbons (Fsp3) is 0.647. The molecule has 0 aliphatic heterocycles. The van der Waals surface area contributed by atoms with Crippen molar-refractivity contribution in [2.45, 2.75) is 45.5 Å². The second-order valence-electron chi connectivity index (χ2n) is 5.86. The highest BCUT2D eigenvalue weighted by Gasteiger charge is 2.17. The second kappa shape index (κ2) is 9.15. The molecule has 21 heavy (non-hydrogen) atoms. The van der Waals surface area contributed by atoms with Gasteiger partial charge in [0.05, 0.1) is 24.4 Å². The number of ether oxygens (including phenoxy) is 2. The Morgan fingerprint density at radius 2 is 1.90 bits per heavy atom. The SMILES string of the molecule is CCOC(C)(C)CNCC(O)COC(C)c1ccccc1. The molecule has 4 heteroatoms. The Morgan fingerprint density at radius 1 is 1.24 bits per heavy atom. The first kappa shape index (κ1) is 18.1. The van der Waals surface area contributed by atoms with Crippen LogP contribution < -0.4 is 5.32 Å². The van der Waals surface area contributed by atoms with E-state index >= 15 is 0 Å². The molecule has 1 aromatic carbocycles. The fourth-order valence-electron chi connectivity index (χ4n) is 2.12. The van der Waals surface area contributed by atoms with Gasteiger partial charge in [-0.15, -0.1) is 0 Å². The number of rotatable bonds is 10. The van der Waals surface area contributed by atoms with Crippen LogP contribution in [0, 0.1) is 0 Å². The van der Waals surface area contributed by atoms with Crippen molar-refractivity contribution >= 4 is 0 Å². The molecule has 0 saturated carbocycles. The number of benzene rings is 1. The smallest absolute Gasteiger partial charge is 0.0898 e. The number of hydrogen-bond acceptors (Lipinski definition) is 4. The first-order valence-corrected chi connectivity index (χ1v) is 7.64. The summed E-state index contributed by atoms with van der Waals surface area (Å²) >= 11 is 0. The van der Waals surface area contributed by atoms with Gasteiger partial charge in [0, 0.05) is 19.7 Å². The lowest BCUT2D eigenvalue weighted by atomic mass is 10.1. The third kappa shape index (κ3) is 7.58. The molecule has 2 unspecified atom stereocenters. The summed E-state index contributed by atoms with van der Waals surface area (Å²) in [4.78, 5) is 0. The van der Waals surface area contributed by atoms with Crippen LogP contribution in [0.15, 0.2) is 30.3 Å². The Labute approximate surface area is 128 Å². The minimum absolute atomic E-state index is 0.0132. The van der Waals surface area contributed by atoms with E-state index in [0.29, 0.717) is 26.3 Å². The van der Waals surface area contributed by atoms with Gasteiger partial charge in [0.1, 0.15) is 0 Å². The summed E-state index contributed by atoms with van der Waals surface area (Å²) in [6.45, 7) is 10.2. The molecule has 120 valence electrons. The number of nitrogens with one attached hydrogen (secondary N) is 1. The van der Waals surface area contributed by atoms with Crippen molar-refractivity contribution in [3.63, 3.8) is 0 Å². The molecule has 4 nitrogen and oxygen atoms in total. The average molecular weight is 295 g/mol. The normalized spacial score (nSPS) is 14.9. The second-order valence-corrected chi connectivity index (χ2v) is 5.86. The molecule has 1 aromatic rings. The number of aliphatic hydroxyl groups is 1. The van der Waals surface area contributed by atoms with Gasteiger partial charge in [-0.25, -0.2) is 0 Å². The Hall–Kier alpha value is -0.940. The molecule has 0 amide bonds. The maximum Gasteiger partial charge on any atom is 0.0898 e. The highest BCUT2D eigenvalue weighted by molar-refractivity contribution is 5.16. The summed E-state index contributed by atoms with van der Waals surface area (Å²) < 4.78 is 11.3. The minimum atomic E-state index is -0.520. The maximum atomic E-state index is 9.94. The van der Waals surface area contributed by atoms with Gasteiger partial charge in [-0.1, -0.05) is 30.3 Å². The summed E-state index contributed by atoms with van der Waals surface area (Å²) in [5.74, 6) is 0. The molecule has 0 heterocycles. The topological polar surface area (TPSA) is 50.7 Å². The summed E-state index contributed by atoms with van der Waals surface area (Å²) in [5, 5.41) is 13.2. The Morgan fingerprint density at radius 3 is 2.52 bits per heavy atom. The summed E-state index contributed by atoms with van der Waals surface area (Å²) in [5.41, 5.74) is 0.905. The fourth-order valence-corrected chi connectivity index (χ4v) is 2.12. The predicted molar refractivity (Wildman–Crippen MR) is 85.4 cm³/mol. The third-order valence-corrected chi connectivity index (χ3v) is 3.27. The largest absolute Gasteiger partial charge is 0.389 e. The van der Waals surface area contributed by atoms with E-state index in [2.05, 4.69) is 5.32 Å². The van der Waals surface area contributed by atoms with E-state index in [1.54, 1.807) is 0 Å². The van der Waals surface area contributed by atoms with E-state index in [1.807, 2.05) is 58.0 Å². The molecule has 0 aliphatic carbocycles. The van der Waals surface area contributed by atoms with Gasteiger partial charge < -0.3 is 19.9 Å². The molecular formula is C17H29NO3. The average Bonchev–Trinajstić information content (AvgIpc) is 2.45. The van der Waals surface area contributed by atoms with Crippen molar-refractivity contribution in [2.24, 2.45) is 0 Å². The Kier molecular flexibility index (Phi) is 7.89. The summed E-state index contributed by atoms with van der Waals surface area (Å²) in [6.07, 6.45) is -0.533. The van der Waals surface area contributed by atoms with E-state index in [1.165, 1.54) is 0 Å². The van der Waals surface area contributed by atoms with Gasteiger partial charge in [-0.05, 0) is 33.3 Å². The molecule has 0 fully saturated rings. The number of hydrogen-bond donors (Lipinski definition) is 2. The molecule has 2 N–H and O–H groups in total. The van der Waals surface area contributed by atoms with Gasteiger partial charge >= 0.3 is 0 Å². The highest BCUT2D eigenvalue weighted by atomic mass is 16.5. The van der Waals surface area contributed by atoms with Crippen molar-refractivity contribution in [3.05, 3.63) is 35.9 Å². The first-order valence-electron chi connectivity index (χ1n) is 7.64. The predicted octanol–water partition coefficient (Wildman–Crippen LogP) is 2.53. The summed E-state index contributed by atoms with van der Waals surface area (Å²) in [7, 11) is 0. The van der Waals surface area contributed by atoms with Crippen LogP contribution in [0.3, 0.4) is 0 Å². The Balaban J connectivity index is 2.21. The van der Waals surface area contributed by atoms with Crippen molar-refractivity contribution in [1.29, 1.82) is 0 Å². The molecule has 0 radical (unpaired) electrons. The van der Waals surface area contributed by atoms with Crippen LogP contribution in [0.5, 0.6) is 0 Å². The van der Waals surface area contributed by atoms with Gasteiger partial charge in [-0.3, -0.25) is 0 Å². The van der Waals surface area contributed by atoms with Gasteiger partial charge in [0.15, 0.2) is 0 Å². The van der Waals surface area contributed by atoms with E-state index in [9.17, 15) is 5.11 Å². The molecular weight excluding hydrogens is 266 g/mol. The van der Waals surface area contributed by atoms with E-state index in [-0.39, 0.29) is 11.7 Å². The highest BCUT2D eigenvalue weighted by Crippen LogP contribution is 2.15. The van der Waals surface area contributed by atoms with Crippen LogP contribution >= 0.6 is 0 Å². The van der Waals surface area contributed by atoms with Crippen molar-refractivity contribution in [2.75, 3.05) is 26.3 Å². The van der Waals surface area contributed by atoms with E-state index < -0.39 is 6.10 Å². The molecule has 0 spiro atoms. The van der Waals surface area contributed by atoms with Crippen molar-refractivity contribution < 1.29 is 14.6 Å². The third-order valence-electron chi connectivity index (χ3n) is 3.27.